The third-order valence-electron chi connectivity index (χ3n) is 8.15. The molecule has 2 amide bonds. The van der Waals surface area contributed by atoms with Crippen molar-refractivity contribution >= 4 is 40.6 Å². The Bertz CT molecular complexity index is 1990. The number of nitrogens with zero attached hydrogens (tertiary/aromatic N) is 5. The van der Waals surface area contributed by atoms with Crippen molar-refractivity contribution in [3.05, 3.63) is 111 Å². The lowest BCUT2D eigenvalue weighted by Crippen LogP contribution is -2.29. The first-order chi connectivity index (χ1) is 23.8. The van der Waals surface area contributed by atoms with Gasteiger partial charge >= 0.3 is 0 Å². The summed E-state index contributed by atoms with van der Waals surface area (Å²) in [4.78, 5) is 28.1. The standard InChI is InChI=1S/C36H36N6O5S2/c1-22-11-12-23(2)28(18-22)41-32(20-37-35(44)24-13-15-25(45-3)16-14-24)38-39-36(41)49-21-33(43)42-29(19-27(40-42)31-10-7-17-48-31)26-8-6-9-30(46-4)34(26)47-5/h6-18,29H,19-21H2,1-5H3,(H,37,44). The Kier molecular flexibility index (Phi) is 10.3. The summed E-state index contributed by atoms with van der Waals surface area (Å²) in [5.74, 6) is 1.94. The number of hydrogen-bond donors (Lipinski definition) is 1. The molecule has 2 aromatic heterocycles. The minimum atomic E-state index is -0.393. The smallest absolute Gasteiger partial charge is 0.253 e. The molecule has 252 valence electrons. The minimum absolute atomic E-state index is 0.0468. The molecule has 0 aliphatic carbocycles. The Labute approximate surface area is 292 Å². The normalized spacial score (nSPS) is 14.0. The molecule has 0 bridgehead atoms. The van der Waals surface area contributed by atoms with Gasteiger partial charge in [-0.25, -0.2) is 5.01 Å². The van der Waals surface area contributed by atoms with Crippen LogP contribution in [0.5, 0.6) is 17.2 Å². The number of thioether (sulfide) groups is 1. The second-order valence-electron chi connectivity index (χ2n) is 11.3. The molecule has 0 radical (unpaired) electrons. The van der Waals surface area contributed by atoms with Crippen LogP contribution < -0.4 is 19.5 Å². The molecule has 1 N–H and O–H groups in total. The van der Waals surface area contributed by atoms with Crippen molar-refractivity contribution in [1.82, 2.24) is 25.1 Å². The molecule has 1 aliphatic rings. The van der Waals surface area contributed by atoms with Crippen LogP contribution in [0.3, 0.4) is 0 Å². The number of hydrogen-bond acceptors (Lipinski definition) is 10. The van der Waals surface area contributed by atoms with Crippen LogP contribution in [0.1, 0.15) is 50.2 Å². The van der Waals surface area contributed by atoms with Crippen LogP contribution in [-0.2, 0) is 11.3 Å². The maximum atomic E-state index is 14.1. The van der Waals surface area contributed by atoms with E-state index in [2.05, 4.69) is 15.5 Å². The topological polar surface area (TPSA) is 120 Å². The molecule has 5 aromatic rings. The van der Waals surface area contributed by atoms with E-state index in [0.717, 1.165) is 33.0 Å². The fourth-order valence-corrected chi connectivity index (χ4v) is 7.19. The Morgan fingerprint density at radius 3 is 2.49 bits per heavy atom. The lowest BCUT2D eigenvalue weighted by molar-refractivity contribution is -0.130. The summed E-state index contributed by atoms with van der Waals surface area (Å²) < 4.78 is 18.4. The summed E-state index contributed by atoms with van der Waals surface area (Å²) >= 11 is 2.85. The number of methoxy groups -OCH3 is 3. The second kappa shape index (κ2) is 15.0. The third kappa shape index (κ3) is 7.18. The lowest BCUT2D eigenvalue weighted by Gasteiger charge is -2.24. The van der Waals surface area contributed by atoms with E-state index in [1.807, 2.05) is 72.3 Å². The zero-order valence-electron chi connectivity index (χ0n) is 27.8. The van der Waals surface area contributed by atoms with E-state index in [9.17, 15) is 9.59 Å². The van der Waals surface area contributed by atoms with Crippen molar-refractivity contribution in [1.29, 1.82) is 0 Å². The van der Waals surface area contributed by atoms with Crippen molar-refractivity contribution in [3.63, 3.8) is 0 Å². The van der Waals surface area contributed by atoms with Crippen LogP contribution in [-0.4, -0.2) is 64.4 Å². The number of carbonyl (C=O) groups is 2. The van der Waals surface area contributed by atoms with Gasteiger partial charge < -0.3 is 19.5 Å². The highest BCUT2D eigenvalue weighted by atomic mass is 32.2. The molecule has 13 heteroatoms. The van der Waals surface area contributed by atoms with Gasteiger partial charge in [0.05, 0.1) is 55.9 Å². The van der Waals surface area contributed by atoms with Crippen LogP contribution in [0.25, 0.3) is 5.69 Å². The third-order valence-corrected chi connectivity index (χ3v) is 9.99. The second-order valence-corrected chi connectivity index (χ2v) is 13.2. The fraction of sp³-hybridized carbons (Fsp3) is 0.250. The number of nitrogens with one attached hydrogen (secondary N) is 1. The fourth-order valence-electron chi connectivity index (χ4n) is 5.66. The molecular weight excluding hydrogens is 661 g/mol. The van der Waals surface area contributed by atoms with Gasteiger partial charge in [-0.05, 0) is 72.8 Å². The molecule has 1 atom stereocenters. The first kappa shape index (κ1) is 33.7. The summed E-state index contributed by atoms with van der Waals surface area (Å²) in [5.41, 5.74) is 5.05. The van der Waals surface area contributed by atoms with E-state index in [1.165, 1.54) is 11.8 Å². The first-order valence-corrected chi connectivity index (χ1v) is 17.4. The predicted molar refractivity (Wildman–Crippen MR) is 190 cm³/mol. The number of amides is 2. The molecule has 0 saturated heterocycles. The van der Waals surface area contributed by atoms with Crippen molar-refractivity contribution in [2.75, 3.05) is 27.1 Å². The Morgan fingerprint density at radius 2 is 1.78 bits per heavy atom. The van der Waals surface area contributed by atoms with Gasteiger partial charge in [-0.2, -0.15) is 5.10 Å². The molecule has 1 aliphatic heterocycles. The Hall–Kier alpha value is -5.14. The molecule has 11 nitrogen and oxygen atoms in total. The lowest BCUT2D eigenvalue weighted by atomic mass is 9.99. The molecular formula is C36H36N6O5S2. The largest absolute Gasteiger partial charge is 0.497 e. The number of carbonyl (C=O) groups excluding carboxylic acids is 2. The average Bonchev–Trinajstić information content (AvgIpc) is 3.91. The molecule has 1 unspecified atom stereocenters. The van der Waals surface area contributed by atoms with Gasteiger partial charge in [0.1, 0.15) is 5.75 Å². The number of hydrazone groups is 1. The summed E-state index contributed by atoms with van der Waals surface area (Å²) in [6.07, 6.45) is 0.525. The molecule has 3 aromatic carbocycles. The summed E-state index contributed by atoms with van der Waals surface area (Å²) in [5, 5.41) is 20.8. The van der Waals surface area contributed by atoms with Crippen molar-refractivity contribution in [3.8, 4) is 22.9 Å². The number of rotatable bonds is 12. The molecule has 0 fully saturated rings. The average molecular weight is 697 g/mol. The molecule has 0 saturated carbocycles. The van der Waals surface area contributed by atoms with E-state index in [-0.39, 0.29) is 24.1 Å². The molecule has 49 heavy (non-hydrogen) atoms. The van der Waals surface area contributed by atoms with Gasteiger partial charge in [0.15, 0.2) is 22.5 Å². The Balaban J connectivity index is 1.28. The number of thiophene rings is 1. The van der Waals surface area contributed by atoms with Crippen LogP contribution >= 0.6 is 23.1 Å². The van der Waals surface area contributed by atoms with E-state index in [0.29, 0.717) is 40.2 Å². The molecule has 3 heterocycles. The predicted octanol–water partition coefficient (Wildman–Crippen LogP) is 6.37. The number of aromatic nitrogens is 3. The quantitative estimate of drug-likeness (QED) is 0.150. The SMILES string of the molecule is COc1ccc(C(=O)NCc2nnc(SCC(=O)N3N=C(c4cccs4)CC3c3cccc(OC)c3OC)n2-c2cc(C)ccc2C)cc1. The monoisotopic (exact) mass is 696 g/mol. The van der Waals surface area contributed by atoms with Crippen molar-refractivity contribution in [2.24, 2.45) is 5.10 Å². The number of aryl methyl sites for hydroxylation is 2. The highest BCUT2D eigenvalue weighted by Gasteiger charge is 2.36. The van der Waals surface area contributed by atoms with Gasteiger partial charge in [0, 0.05) is 17.5 Å². The van der Waals surface area contributed by atoms with E-state index in [1.54, 1.807) is 61.9 Å². The summed E-state index contributed by atoms with van der Waals surface area (Å²) in [7, 11) is 4.76. The van der Waals surface area contributed by atoms with Gasteiger partial charge in [0.2, 0.25) is 0 Å². The van der Waals surface area contributed by atoms with E-state index in [4.69, 9.17) is 19.3 Å². The van der Waals surface area contributed by atoms with Crippen LogP contribution in [0.15, 0.2) is 88.4 Å². The van der Waals surface area contributed by atoms with Crippen molar-refractivity contribution in [2.45, 2.75) is 38.0 Å². The molecule has 6 rings (SSSR count). The summed E-state index contributed by atoms with van der Waals surface area (Å²) in [6, 6.07) is 22.2. The van der Waals surface area contributed by atoms with Crippen LogP contribution in [0.4, 0.5) is 0 Å². The van der Waals surface area contributed by atoms with Crippen LogP contribution in [0, 0.1) is 13.8 Å². The maximum absolute atomic E-state index is 14.1. The minimum Gasteiger partial charge on any atom is -0.497 e. The number of benzene rings is 3. The summed E-state index contributed by atoms with van der Waals surface area (Å²) in [6.45, 7) is 4.14. The first-order valence-electron chi connectivity index (χ1n) is 15.5. The van der Waals surface area contributed by atoms with E-state index < -0.39 is 6.04 Å². The van der Waals surface area contributed by atoms with Crippen LogP contribution in [0.2, 0.25) is 0 Å². The van der Waals surface area contributed by atoms with Gasteiger partial charge in [-0.1, -0.05) is 42.1 Å². The molecule has 0 spiro atoms. The Morgan fingerprint density at radius 1 is 0.959 bits per heavy atom. The highest BCUT2D eigenvalue weighted by molar-refractivity contribution is 7.99. The number of ether oxygens (including phenoxy) is 3. The highest BCUT2D eigenvalue weighted by Crippen LogP contribution is 2.42. The van der Waals surface area contributed by atoms with Gasteiger partial charge in [-0.15, -0.1) is 21.5 Å². The maximum Gasteiger partial charge on any atom is 0.253 e. The zero-order valence-corrected chi connectivity index (χ0v) is 29.4. The van der Waals surface area contributed by atoms with E-state index >= 15 is 0 Å². The zero-order chi connectivity index (χ0) is 34.5. The van der Waals surface area contributed by atoms with Gasteiger partial charge in [0.25, 0.3) is 11.8 Å². The van der Waals surface area contributed by atoms with Gasteiger partial charge in [-0.3, -0.25) is 14.2 Å². The number of para-hydroxylation sites is 1. The van der Waals surface area contributed by atoms with Crippen molar-refractivity contribution < 1.29 is 23.8 Å².